The normalized spacial score (nSPS) is 14.9. The molecular weight excluding hydrogens is 338 g/mol. The fraction of sp³-hybridized carbons (Fsp3) is 0.500. The second-order valence-electron chi connectivity index (χ2n) is 5.88. The van der Waals surface area contributed by atoms with E-state index in [4.69, 9.17) is 14.2 Å². The molecule has 0 bridgehead atoms. The van der Waals surface area contributed by atoms with Crippen LogP contribution in [0.5, 0.6) is 17.2 Å². The number of hydrazone groups is 1. The highest BCUT2D eigenvalue weighted by Crippen LogP contribution is 2.37. The Morgan fingerprint density at radius 3 is 2.46 bits per heavy atom. The Bertz CT molecular complexity index is 650. The van der Waals surface area contributed by atoms with Crippen molar-refractivity contribution in [3.8, 4) is 17.2 Å². The van der Waals surface area contributed by atoms with Crippen LogP contribution < -0.4 is 19.6 Å². The van der Waals surface area contributed by atoms with Gasteiger partial charge in [-0.2, -0.15) is 5.10 Å². The number of ether oxygens (including phenoxy) is 3. The smallest absolute Gasteiger partial charge is 0.259 e. The van der Waals surface area contributed by atoms with E-state index in [9.17, 15) is 9.59 Å². The van der Waals surface area contributed by atoms with Crippen LogP contribution in [0.3, 0.4) is 0 Å². The Hall–Kier alpha value is -2.77. The van der Waals surface area contributed by atoms with Crippen molar-refractivity contribution in [3.05, 3.63) is 17.7 Å². The molecule has 1 aliphatic rings. The van der Waals surface area contributed by atoms with Gasteiger partial charge in [-0.15, -0.1) is 0 Å². The molecule has 142 valence electrons. The van der Waals surface area contributed by atoms with Gasteiger partial charge in [0.05, 0.1) is 27.5 Å². The minimum atomic E-state index is -0.330. The van der Waals surface area contributed by atoms with Crippen molar-refractivity contribution in [2.45, 2.75) is 25.7 Å². The van der Waals surface area contributed by atoms with E-state index >= 15 is 0 Å². The van der Waals surface area contributed by atoms with Crippen LogP contribution in [0.1, 0.15) is 31.2 Å². The molecule has 1 saturated heterocycles. The summed E-state index contributed by atoms with van der Waals surface area (Å²) in [5.41, 5.74) is 3.12. The van der Waals surface area contributed by atoms with Crippen molar-refractivity contribution in [1.82, 2.24) is 10.3 Å². The molecule has 0 aliphatic carbocycles. The summed E-state index contributed by atoms with van der Waals surface area (Å²) in [7, 11) is 4.58. The molecule has 1 fully saturated rings. The first kappa shape index (κ1) is 19.6. The van der Waals surface area contributed by atoms with E-state index in [1.54, 1.807) is 17.0 Å². The van der Waals surface area contributed by atoms with Gasteiger partial charge in [0, 0.05) is 18.5 Å². The van der Waals surface area contributed by atoms with Crippen molar-refractivity contribution in [3.63, 3.8) is 0 Å². The topological polar surface area (TPSA) is 89.5 Å². The number of hydrogen-bond donors (Lipinski definition) is 1. The maximum atomic E-state index is 12.0. The predicted octanol–water partition coefficient (Wildman–Crippen LogP) is 1.57. The molecule has 1 N–H and O–H groups in total. The number of rotatable bonds is 7. The van der Waals surface area contributed by atoms with Gasteiger partial charge in [-0.1, -0.05) is 6.42 Å². The molecule has 0 aromatic heterocycles. The summed E-state index contributed by atoms with van der Waals surface area (Å²) < 4.78 is 15.8. The van der Waals surface area contributed by atoms with Gasteiger partial charge >= 0.3 is 0 Å². The van der Waals surface area contributed by atoms with Gasteiger partial charge in [0.15, 0.2) is 11.5 Å². The lowest BCUT2D eigenvalue weighted by Gasteiger charge is -2.18. The Morgan fingerprint density at radius 2 is 1.85 bits per heavy atom. The molecule has 0 spiro atoms. The molecule has 1 aliphatic heterocycles. The van der Waals surface area contributed by atoms with Gasteiger partial charge in [0.1, 0.15) is 6.54 Å². The molecule has 2 amide bonds. The summed E-state index contributed by atoms with van der Waals surface area (Å²) in [6.07, 6.45) is 4.81. The van der Waals surface area contributed by atoms with Crippen molar-refractivity contribution in [2.24, 2.45) is 5.10 Å². The van der Waals surface area contributed by atoms with E-state index in [1.807, 2.05) is 0 Å². The van der Waals surface area contributed by atoms with Gasteiger partial charge in [0.2, 0.25) is 11.7 Å². The summed E-state index contributed by atoms with van der Waals surface area (Å²) in [6.45, 7) is 0.633. The molecule has 26 heavy (non-hydrogen) atoms. The summed E-state index contributed by atoms with van der Waals surface area (Å²) in [5.74, 6) is 1.16. The largest absolute Gasteiger partial charge is 0.493 e. The first-order valence-corrected chi connectivity index (χ1v) is 8.48. The molecule has 2 rings (SSSR count). The Labute approximate surface area is 153 Å². The second-order valence-corrected chi connectivity index (χ2v) is 5.88. The Balaban J connectivity index is 1.99. The zero-order valence-corrected chi connectivity index (χ0v) is 15.4. The second kappa shape index (κ2) is 9.65. The van der Waals surface area contributed by atoms with Crippen molar-refractivity contribution < 1.29 is 23.8 Å². The highest BCUT2D eigenvalue weighted by molar-refractivity contribution is 5.87. The number of amides is 2. The molecule has 1 heterocycles. The van der Waals surface area contributed by atoms with Gasteiger partial charge in [-0.05, 0) is 25.0 Å². The summed E-state index contributed by atoms with van der Waals surface area (Å²) in [4.78, 5) is 25.5. The number of hydrogen-bond acceptors (Lipinski definition) is 6. The van der Waals surface area contributed by atoms with E-state index in [0.717, 1.165) is 19.3 Å². The van der Waals surface area contributed by atoms with Crippen LogP contribution in [-0.2, 0) is 9.59 Å². The fourth-order valence-corrected chi connectivity index (χ4v) is 2.77. The van der Waals surface area contributed by atoms with Crippen LogP contribution in [0.4, 0.5) is 0 Å². The number of likely N-dealkylation sites (tertiary alicyclic amines) is 1. The molecule has 8 nitrogen and oxygen atoms in total. The first-order chi connectivity index (χ1) is 12.6. The van der Waals surface area contributed by atoms with E-state index in [1.165, 1.54) is 27.5 Å². The maximum Gasteiger partial charge on any atom is 0.259 e. The van der Waals surface area contributed by atoms with Gasteiger partial charge < -0.3 is 19.1 Å². The van der Waals surface area contributed by atoms with Crippen LogP contribution in [0.15, 0.2) is 17.2 Å². The molecule has 1 aromatic carbocycles. The van der Waals surface area contributed by atoms with Crippen LogP contribution in [-0.4, -0.2) is 57.3 Å². The minimum absolute atomic E-state index is 0.0193. The van der Waals surface area contributed by atoms with Crippen LogP contribution in [0.25, 0.3) is 0 Å². The monoisotopic (exact) mass is 363 g/mol. The molecule has 0 radical (unpaired) electrons. The van der Waals surface area contributed by atoms with Crippen molar-refractivity contribution in [1.29, 1.82) is 0 Å². The van der Waals surface area contributed by atoms with Gasteiger partial charge in [0.25, 0.3) is 5.91 Å². The lowest BCUT2D eigenvalue weighted by atomic mass is 10.2. The third kappa shape index (κ3) is 5.11. The van der Waals surface area contributed by atoms with Crippen LogP contribution in [0.2, 0.25) is 0 Å². The highest BCUT2D eigenvalue weighted by atomic mass is 16.5. The standard InChI is InChI=1S/C18H25N3O5/c1-24-14-9-13(10-15(25-2)18(14)26-3)11-19-20-16(22)12-21-8-6-4-5-7-17(21)23/h9-11H,4-8,12H2,1-3H3,(H,20,22)/b19-11-. The fourth-order valence-electron chi connectivity index (χ4n) is 2.77. The van der Waals surface area contributed by atoms with Gasteiger partial charge in [-0.25, -0.2) is 5.43 Å². The number of benzene rings is 1. The highest BCUT2D eigenvalue weighted by Gasteiger charge is 2.19. The summed E-state index contributed by atoms with van der Waals surface area (Å²) in [5, 5.41) is 3.95. The summed E-state index contributed by atoms with van der Waals surface area (Å²) >= 11 is 0. The average molecular weight is 363 g/mol. The zero-order valence-electron chi connectivity index (χ0n) is 15.4. The minimum Gasteiger partial charge on any atom is -0.493 e. The molecule has 1 aromatic rings. The van der Waals surface area contributed by atoms with E-state index in [2.05, 4.69) is 10.5 Å². The Morgan fingerprint density at radius 1 is 1.15 bits per heavy atom. The molecule has 0 unspecified atom stereocenters. The number of carbonyl (C=O) groups is 2. The number of carbonyl (C=O) groups excluding carboxylic acids is 2. The van der Waals surface area contributed by atoms with Gasteiger partial charge in [-0.3, -0.25) is 9.59 Å². The predicted molar refractivity (Wildman–Crippen MR) is 96.9 cm³/mol. The summed E-state index contributed by atoms with van der Waals surface area (Å²) in [6, 6.07) is 3.44. The quantitative estimate of drug-likeness (QED) is 0.587. The van der Waals surface area contributed by atoms with E-state index in [0.29, 0.717) is 35.8 Å². The van der Waals surface area contributed by atoms with Crippen LogP contribution >= 0.6 is 0 Å². The lowest BCUT2D eigenvalue weighted by molar-refractivity contribution is -0.135. The van der Waals surface area contributed by atoms with E-state index in [-0.39, 0.29) is 18.4 Å². The number of nitrogens with one attached hydrogen (secondary N) is 1. The third-order valence-corrected chi connectivity index (χ3v) is 4.10. The van der Waals surface area contributed by atoms with E-state index < -0.39 is 0 Å². The molecular formula is C18H25N3O5. The third-order valence-electron chi connectivity index (χ3n) is 4.10. The zero-order chi connectivity index (χ0) is 18.9. The first-order valence-electron chi connectivity index (χ1n) is 8.48. The van der Waals surface area contributed by atoms with Crippen molar-refractivity contribution >= 4 is 18.0 Å². The molecule has 8 heteroatoms. The average Bonchev–Trinajstić information content (AvgIpc) is 2.85. The number of methoxy groups -OCH3 is 3. The lowest BCUT2D eigenvalue weighted by Crippen LogP contribution is -2.39. The SMILES string of the molecule is COc1cc(/C=N\NC(=O)CN2CCCCCC2=O)cc(OC)c1OC. The van der Waals surface area contributed by atoms with Crippen molar-refractivity contribution in [2.75, 3.05) is 34.4 Å². The molecule has 0 saturated carbocycles. The maximum absolute atomic E-state index is 12.0. The number of nitrogens with zero attached hydrogens (tertiary/aromatic N) is 2. The Kier molecular flexibility index (Phi) is 7.25. The molecule has 0 atom stereocenters. The van der Waals surface area contributed by atoms with Crippen LogP contribution in [0, 0.1) is 0 Å².